The quantitative estimate of drug-likeness (QED) is 0.681. The highest BCUT2D eigenvalue weighted by Crippen LogP contribution is 2.37. The summed E-state index contributed by atoms with van der Waals surface area (Å²) in [5, 5.41) is 9.82. The predicted octanol–water partition coefficient (Wildman–Crippen LogP) is 5.81. The Morgan fingerprint density at radius 2 is 1.25 bits per heavy atom. The summed E-state index contributed by atoms with van der Waals surface area (Å²) in [7, 11) is 0. The molecule has 0 aliphatic carbocycles. The van der Waals surface area contributed by atoms with E-state index in [1.165, 1.54) is 11.1 Å². The smallest absolute Gasteiger partial charge is 0.0875 e. The van der Waals surface area contributed by atoms with Crippen molar-refractivity contribution >= 4 is 0 Å². The van der Waals surface area contributed by atoms with Crippen LogP contribution in [0.4, 0.5) is 0 Å². The van der Waals surface area contributed by atoms with Crippen LogP contribution < -0.4 is 0 Å². The van der Waals surface area contributed by atoms with Gasteiger partial charge in [-0.2, -0.15) is 0 Å². The van der Waals surface area contributed by atoms with Gasteiger partial charge in [-0.1, -0.05) is 58.9 Å². The fraction of sp³-hybridized carbons (Fsp3) is 0.727. The SMILES string of the molecule is CC(C)(C)CC(C)(C)c1ccc(C(C)(C)OCCC(C)(C)O)cc1. The Balaban J connectivity index is 2.82. The molecule has 1 N–H and O–H groups in total. The maximum atomic E-state index is 9.82. The molecule has 1 rings (SSSR count). The first kappa shape index (κ1) is 21.2. The van der Waals surface area contributed by atoms with Crippen LogP contribution in [0.1, 0.15) is 86.3 Å². The van der Waals surface area contributed by atoms with E-state index in [1.807, 2.05) is 13.8 Å². The highest BCUT2D eigenvalue weighted by molar-refractivity contribution is 5.31. The van der Waals surface area contributed by atoms with Gasteiger partial charge in [-0.3, -0.25) is 0 Å². The molecule has 138 valence electrons. The lowest BCUT2D eigenvalue weighted by Crippen LogP contribution is -2.28. The molecule has 0 aromatic heterocycles. The molecule has 24 heavy (non-hydrogen) atoms. The van der Waals surface area contributed by atoms with Crippen LogP contribution in [-0.2, 0) is 15.8 Å². The zero-order valence-corrected chi connectivity index (χ0v) is 17.3. The van der Waals surface area contributed by atoms with Crippen molar-refractivity contribution in [2.24, 2.45) is 5.41 Å². The van der Waals surface area contributed by atoms with Crippen molar-refractivity contribution in [3.05, 3.63) is 35.4 Å². The van der Waals surface area contributed by atoms with Gasteiger partial charge in [0.15, 0.2) is 0 Å². The molecule has 0 atom stereocenters. The first-order valence-electron chi connectivity index (χ1n) is 9.10. The summed E-state index contributed by atoms with van der Waals surface area (Å²) < 4.78 is 6.04. The van der Waals surface area contributed by atoms with Crippen LogP contribution in [0, 0.1) is 5.41 Å². The van der Waals surface area contributed by atoms with Gasteiger partial charge in [-0.15, -0.1) is 0 Å². The Morgan fingerprint density at radius 1 is 0.792 bits per heavy atom. The lowest BCUT2D eigenvalue weighted by atomic mass is 9.72. The van der Waals surface area contributed by atoms with Gasteiger partial charge in [0, 0.05) is 0 Å². The number of hydrogen-bond acceptors (Lipinski definition) is 2. The average molecular weight is 335 g/mol. The van der Waals surface area contributed by atoms with Crippen molar-refractivity contribution in [1.29, 1.82) is 0 Å². The fourth-order valence-electron chi connectivity index (χ4n) is 3.39. The minimum atomic E-state index is -0.684. The van der Waals surface area contributed by atoms with E-state index in [0.717, 1.165) is 6.42 Å². The molecule has 0 unspecified atom stereocenters. The molecule has 0 fully saturated rings. The maximum absolute atomic E-state index is 9.82. The van der Waals surface area contributed by atoms with Gasteiger partial charge in [0.05, 0.1) is 17.8 Å². The Labute approximate surface area is 149 Å². The van der Waals surface area contributed by atoms with E-state index in [2.05, 4.69) is 72.7 Å². The summed E-state index contributed by atoms with van der Waals surface area (Å²) in [6.45, 7) is 19.9. The van der Waals surface area contributed by atoms with Crippen molar-refractivity contribution in [2.45, 2.75) is 91.8 Å². The third-order valence-electron chi connectivity index (χ3n) is 4.51. The number of hydrogen-bond donors (Lipinski definition) is 1. The van der Waals surface area contributed by atoms with Crippen LogP contribution in [0.2, 0.25) is 0 Å². The lowest BCUT2D eigenvalue weighted by Gasteiger charge is -2.34. The van der Waals surface area contributed by atoms with Crippen LogP contribution in [-0.4, -0.2) is 17.3 Å². The van der Waals surface area contributed by atoms with Crippen LogP contribution in [0.3, 0.4) is 0 Å². The largest absolute Gasteiger partial charge is 0.390 e. The van der Waals surface area contributed by atoms with Gasteiger partial charge < -0.3 is 9.84 Å². The average Bonchev–Trinajstić information content (AvgIpc) is 2.34. The molecule has 1 aromatic rings. The molecule has 0 amide bonds. The number of benzene rings is 1. The summed E-state index contributed by atoms with van der Waals surface area (Å²) in [6, 6.07) is 8.85. The van der Waals surface area contributed by atoms with E-state index >= 15 is 0 Å². The van der Waals surface area contributed by atoms with Crippen molar-refractivity contribution in [2.75, 3.05) is 6.61 Å². The molecule has 0 saturated heterocycles. The molecular weight excluding hydrogens is 296 g/mol. The molecule has 0 spiro atoms. The van der Waals surface area contributed by atoms with Crippen LogP contribution in [0.5, 0.6) is 0 Å². The van der Waals surface area contributed by atoms with E-state index in [4.69, 9.17) is 4.74 Å². The fourth-order valence-corrected chi connectivity index (χ4v) is 3.39. The van der Waals surface area contributed by atoms with Gasteiger partial charge in [-0.05, 0) is 62.5 Å². The summed E-state index contributed by atoms with van der Waals surface area (Å²) in [6.07, 6.45) is 1.78. The molecular formula is C22H38O2. The summed E-state index contributed by atoms with van der Waals surface area (Å²) >= 11 is 0. The third-order valence-corrected chi connectivity index (χ3v) is 4.51. The molecule has 0 heterocycles. The summed E-state index contributed by atoms with van der Waals surface area (Å²) in [5.74, 6) is 0. The Kier molecular flexibility index (Phi) is 6.33. The van der Waals surface area contributed by atoms with Crippen molar-refractivity contribution in [3.63, 3.8) is 0 Å². The first-order chi connectivity index (χ1) is 10.6. The number of ether oxygens (including phenoxy) is 1. The Bertz CT molecular complexity index is 510. The second kappa shape index (κ2) is 7.17. The topological polar surface area (TPSA) is 29.5 Å². The Hall–Kier alpha value is -0.860. The van der Waals surface area contributed by atoms with Crippen molar-refractivity contribution in [3.8, 4) is 0 Å². The molecule has 1 aromatic carbocycles. The predicted molar refractivity (Wildman–Crippen MR) is 103 cm³/mol. The van der Waals surface area contributed by atoms with E-state index < -0.39 is 5.60 Å². The lowest BCUT2D eigenvalue weighted by molar-refractivity contribution is -0.0494. The third kappa shape index (κ3) is 6.94. The molecule has 0 aliphatic rings. The second-order valence-corrected chi connectivity index (χ2v) is 10.1. The van der Waals surface area contributed by atoms with Gasteiger partial charge in [0.25, 0.3) is 0 Å². The van der Waals surface area contributed by atoms with Crippen LogP contribution in [0.15, 0.2) is 24.3 Å². The van der Waals surface area contributed by atoms with Crippen LogP contribution in [0.25, 0.3) is 0 Å². The van der Waals surface area contributed by atoms with E-state index in [1.54, 1.807) is 0 Å². The van der Waals surface area contributed by atoms with Crippen LogP contribution >= 0.6 is 0 Å². The highest BCUT2D eigenvalue weighted by Gasteiger charge is 2.28. The molecule has 2 nitrogen and oxygen atoms in total. The molecule has 2 heteroatoms. The minimum absolute atomic E-state index is 0.155. The minimum Gasteiger partial charge on any atom is -0.390 e. The zero-order chi connectivity index (χ0) is 18.8. The molecule has 0 radical (unpaired) electrons. The van der Waals surface area contributed by atoms with Crippen molar-refractivity contribution in [1.82, 2.24) is 0 Å². The summed E-state index contributed by atoms with van der Waals surface area (Å²) in [5.41, 5.74) is 1.97. The van der Waals surface area contributed by atoms with Crippen molar-refractivity contribution < 1.29 is 9.84 Å². The summed E-state index contributed by atoms with van der Waals surface area (Å²) in [4.78, 5) is 0. The van der Waals surface area contributed by atoms with Gasteiger partial charge in [0.1, 0.15) is 0 Å². The van der Waals surface area contributed by atoms with E-state index in [9.17, 15) is 5.11 Å². The molecule has 0 bridgehead atoms. The Morgan fingerprint density at radius 3 is 1.67 bits per heavy atom. The maximum Gasteiger partial charge on any atom is 0.0875 e. The van der Waals surface area contributed by atoms with Gasteiger partial charge in [-0.25, -0.2) is 0 Å². The standard InChI is InChI=1S/C22H38O2/c1-19(2,3)16-20(4,5)17-10-12-18(13-11-17)22(8,9)24-15-14-21(6,7)23/h10-13,23H,14-16H2,1-9H3. The zero-order valence-electron chi connectivity index (χ0n) is 17.3. The van der Waals surface area contributed by atoms with Gasteiger partial charge >= 0.3 is 0 Å². The number of aliphatic hydroxyl groups is 1. The number of rotatable bonds is 7. The highest BCUT2D eigenvalue weighted by atomic mass is 16.5. The van der Waals surface area contributed by atoms with E-state index in [0.29, 0.717) is 18.4 Å². The van der Waals surface area contributed by atoms with Gasteiger partial charge in [0.2, 0.25) is 0 Å². The van der Waals surface area contributed by atoms with E-state index in [-0.39, 0.29) is 11.0 Å². The molecule has 0 aliphatic heterocycles. The molecule has 0 saturated carbocycles. The first-order valence-corrected chi connectivity index (χ1v) is 9.10. The second-order valence-electron chi connectivity index (χ2n) is 10.1. The monoisotopic (exact) mass is 334 g/mol. The normalized spacial score (nSPS) is 14.1.